The fraction of sp³-hybridized carbons (Fsp3) is 0.583. The first-order valence-corrected chi connectivity index (χ1v) is 6.47. The Bertz CT molecular complexity index is 408. The monoisotopic (exact) mass is 238 g/mol. The van der Waals surface area contributed by atoms with E-state index < -0.39 is 11.4 Å². The lowest BCUT2D eigenvalue weighted by Crippen LogP contribution is -2.41. The highest BCUT2D eigenvalue weighted by Crippen LogP contribution is 2.47. The zero-order valence-corrected chi connectivity index (χ0v) is 9.81. The zero-order valence-electron chi connectivity index (χ0n) is 8.99. The molecule has 1 fully saturated rings. The number of rotatable bonds is 2. The molecule has 0 bridgehead atoms. The summed E-state index contributed by atoms with van der Waals surface area (Å²) in [4.78, 5) is 13.8. The van der Waals surface area contributed by atoms with Gasteiger partial charge < -0.3 is 9.84 Å². The van der Waals surface area contributed by atoms with E-state index in [1.165, 1.54) is 10.4 Å². The first-order chi connectivity index (χ1) is 7.72. The topological polar surface area (TPSA) is 46.5 Å². The summed E-state index contributed by atoms with van der Waals surface area (Å²) in [6.07, 6.45) is 3.56. The lowest BCUT2D eigenvalue weighted by atomic mass is 9.68. The van der Waals surface area contributed by atoms with Crippen LogP contribution < -0.4 is 0 Å². The van der Waals surface area contributed by atoms with E-state index in [1.807, 2.05) is 0 Å². The Hall–Kier alpha value is -0.870. The molecule has 1 aromatic heterocycles. The van der Waals surface area contributed by atoms with Gasteiger partial charge in [-0.15, -0.1) is 11.3 Å². The van der Waals surface area contributed by atoms with Gasteiger partial charge in [-0.2, -0.15) is 0 Å². The minimum absolute atomic E-state index is 0.567. The maximum Gasteiger partial charge on any atom is 0.314 e. The number of carbonyl (C=O) groups is 1. The number of aliphatic carboxylic acids is 1. The molecular formula is C12H14O3S. The van der Waals surface area contributed by atoms with Crippen molar-refractivity contribution in [2.45, 2.75) is 37.7 Å². The van der Waals surface area contributed by atoms with Gasteiger partial charge in [0, 0.05) is 16.2 Å². The van der Waals surface area contributed by atoms with E-state index in [0.29, 0.717) is 6.61 Å². The average Bonchev–Trinajstić information content (AvgIpc) is 2.58. The smallest absolute Gasteiger partial charge is 0.314 e. The minimum atomic E-state index is -0.654. The van der Waals surface area contributed by atoms with Crippen molar-refractivity contribution in [2.75, 3.05) is 6.61 Å². The van der Waals surface area contributed by atoms with Gasteiger partial charge in [-0.05, 0) is 24.5 Å². The first-order valence-electron chi connectivity index (χ1n) is 5.65. The molecule has 1 aliphatic carbocycles. The van der Waals surface area contributed by atoms with Crippen molar-refractivity contribution >= 4 is 17.3 Å². The van der Waals surface area contributed by atoms with Crippen LogP contribution >= 0.6 is 11.3 Å². The van der Waals surface area contributed by atoms with Gasteiger partial charge in [0.15, 0.2) is 0 Å². The molecule has 1 saturated carbocycles. The molecule has 2 aliphatic rings. The predicted molar refractivity (Wildman–Crippen MR) is 60.8 cm³/mol. The second-order valence-electron chi connectivity index (χ2n) is 4.60. The van der Waals surface area contributed by atoms with Crippen LogP contribution in [0.2, 0.25) is 0 Å². The summed E-state index contributed by atoms with van der Waals surface area (Å²) >= 11 is 1.69. The molecule has 0 amide bonds. The third kappa shape index (κ3) is 1.33. The van der Waals surface area contributed by atoms with Crippen molar-refractivity contribution < 1.29 is 14.6 Å². The van der Waals surface area contributed by atoms with Crippen LogP contribution in [0.1, 0.15) is 34.6 Å². The molecule has 0 aromatic carbocycles. The van der Waals surface area contributed by atoms with E-state index in [0.717, 1.165) is 37.2 Å². The molecule has 0 atom stereocenters. The second-order valence-corrected chi connectivity index (χ2v) is 5.74. The molecule has 3 nitrogen and oxygen atoms in total. The molecule has 4 heteroatoms. The van der Waals surface area contributed by atoms with Gasteiger partial charge in [0.2, 0.25) is 0 Å². The van der Waals surface area contributed by atoms with Crippen LogP contribution in [0.3, 0.4) is 0 Å². The van der Waals surface area contributed by atoms with Crippen molar-refractivity contribution in [3.63, 3.8) is 0 Å². The molecule has 0 saturated heterocycles. The number of fused-ring (bicyclic) bond motifs is 1. The number of carboxylic acid groups (broad SMARTS) is 1. The highest BCUT2D eigenvalue weighted by Gasteiger charge is 2.47. The van der Waals surface area contributed by atoms with Crippen LogP contribution in [-0.4, -0.2) is 17.7 Å². The van der Waals surface area contributed by atoms with Gasteiger partial charge in [-0.25, -0.2) is 0 Å². The predicted octanol–water partition coefficient (Wildman–Crippen LogP) is 2.33. The van der Waals surface area contributed by atoms with Gasteiger partial charge in [0.1, 0.15) is 5.41 Å². The second kappa shape index (κ2) is 3.57. The summed E-state index contributed by atoms with van der Waals surface area (Å²) < 4.78 is 5.39. The Morgan fingerprint density at radius 3 is 2.88 bits per heavy atom. The average molecular weight is 238 g/mol. The molecule has 1 N–H and O–H groups in total. The van der Waals surface area contributed by atoms with Crippen molar-refractivity contribution in [1.82, 2.24) is 0 Å². The van der Waals surface area contributed by atoms with Crippen LogP contribution in [0.5, 0.6) is 0 Å². The SMILES string of the molecule is O=C(O)C1(c2cc3c(s2)CCOC3)CCC1. The fourth-order valence-electron chi connectivity index (χ4n) is 2.48. The molecule has 0 unspecified atom stereocenters. The number of carboxylic acids is 1. The van der Waals surface area contributed by atoms with Crippen molar-refractivity contribution in [2.24, 2.45) is 0 Å². The van der Waals surface area contributed by atoms with E-state index in [1.54, 1.807) is 11.3 Å². The van der Waals surface area contributed by atoms with Crippen LogP contribution in [0, 0.1) is 0 Å². The van der Waals surface area contributed by atoms with E-state index in [2.05, 4.69) is 6.07 Å². The van der Waals surface area contributed by atoms with Gasteiger partial charge >= 0.3 is 5.97 Å². The summed E-state index contributed by atoms with van der Waals surface area (Å²) in [7, 11) is 0. The summed E-state index contributed by atoms with van der Waals surface area (Å²) in [5, 5.41) is 9.37. The number of thiophene rings is 1. The third-order valence-corrected chi connectivity index (χ3v) is 5.16. The van der Waals surface area contributed by atoms with E-state index in [9.17, 15) is 9.90 Å². The number of hydrogen-bond acceptors (Lipinski definition) is 3. The molecule has 1 aromatic rings. The molecule has 0 spiro atoms. The van der Waals surface area contributed by atoms with Crippen molar-refractivity contribution in [1.29, 1.82) is 0 Å². The maximum atomic E-state index is 11.4. The molecule has 1 aliphatic heterocycles. The number of ether oxygens (including phenoxy) is 1. The van der Waals surface area contributed by atoms with Gasteiger partial charge in [-0.3, -0.25) is 4.79 Å². The van der Waals surface area contributed by atoms with Gasteiger partial charge in [0.05, 0.1) is 13.2 Å². The first kappa shape index (κ1) is 10.3. The quantitative estimate of drug-likeness (QED) is 0.860. The highest BCUT2D eigenvalue weighted by atomic mass is 32.1. The molecule has 0 radical (unpaired) electrons. The molecule has 3 rings (SSSR count). The fourth-order valence-corrected chi connectivity index (χ4v) is 3.87. The Morgan fingerprint density at radius 2 is 2.31 bits per heavy atom. The Balaban J connectivity index is 1.99. The molecule has 2 heterocycles. The highest BCUT2D eigenvalue weighted by molar-refractivity contribution is 7.12. The molecular weight excluding hydrogens is 224 g/mol. The van der Waals surface area contributed by atoms with Crippen LogP contribution in [-0.2, 0) is 28.0 Å². The molecule has 86 valence electrons. The molecule has 16 heavy (non-hydrogen) atoms. The van der Waals surface area contributed by atoms with Crippen molar-refractivity contribution in [3.8, 4) is 0 Å². The zero-order chi connectivity index (χ0) is 11.2. The van der Waals surface area contributed by atoms with E-state index in [-0.39, 0.29) is 0 Å². The Labute approximate surface area is 98.0 Å². The van der Waals surface area contributed by atoms with Crippen LogP contribution in [0.15, 0.2) is 6.07 Å². The van der Waals surface area contributed by atoms with E-state index >= 15 is 0 Å². The van der Waals surface area contributed by atoms with Gasteiger partial charge in [0.25, 0.3) is 0 Å². The third-order valence-electron chi connectivity index (χ3n) is 3.72. The minimum Gasteiger partial charge on any atom is -0.481 e. The van der Waals surface area contributed by atoms with Crippen LogP contribution in [0.4, 0.5) is 0 Å². The summed E-state index contributed by atoms with van der Waals surface area (Å²) in [6, 6.07) is 2.06. The van der Waals surface area contributed by atoms with Crippen molar-refractivity contribution in [3.05, 3.63) is 21.4 Å². The maximum absolute atomic E-state index is 11.4. The standard InChI is InChI=1S/C12H14O3S/c13-11(14)12(3-1-4-12)10-6-8-7-15-5-2-9(8)16-10/h6H,1-5,7H2,(H,13,14). The lowest BCUT2D eigenvalue weighted by molar-refractivity contribution is -0.147. The largest absolute Gasteiger partial charge is 0.481 e. The van der Waals surface area contributed by atoms with Gasteiger partial charge in [-0.1, -0.05) is 6.42 Å². The summed E-state index contributed by atoms with van der Waals surface area (Å²) in [5.74, 6) is -0.654. The Morgan fingerprint density at radius 1 is 1.50 bits per heavy atom. The lowest BCUT2D eigenvalue weighted by Gasteiger charge is -2.36. The van der Waals surface area contributed by atoms with Crippen LogP contribution in [0.25, 0.3) is 0 Å². The van der Waals surface area contributed by atoms with E-state index in [4.69, 9.17) is 4.74 Å². The normalized spacial score (nSPS) is 22.2. The summed E-state index contributed by atoms with van der Waals surface area (Å²) in [6.45, 7) is 1.43. The summed E-state index contributed by atoms with van der Waals surface area (Å²) in [5.41, 5.74) is 0.640. The number of hydrogen-bond donors (Lipinski definition) is 1. The Kier molecular flexibility index (Phi) is 2.30.